The second kappa shape index (κ2) is 4.94. The number of rotatable bonds is 2. The van der Waals surface area contributed by atoms with Crippen molar-refractivity contribution in [3.8, 4) is 0 Å². The minimum absolute atomic E-state index is 0.237. The average molecular weight is 236 g/mol. The third-order valence-corrected chi connectivity index (χ3v) is 3.79. The number of hydrogen-bond donors (Lipinski definition) is 2. The zero-order valence-corrected chi connectivity index (χ0v) is 10.5. The number of benzene rings is 1. The van der Waals surface area contributed by atoms with Crippen molar-refractivity contribution in [1.82, 2.24) is 0 Å². The Balaban J connectivity index is 2.07. The summed E-state index contributed by atoms with van der Waals surface area (Å²) in [6.07, 6.45) is 3.60. The van der Waals surface area contributed by atoms with Gasteiger partial charge in [0.1, 0.15) is 5.82 Å². The van der Waals surface area contributed by atoms with Crippen LogP contribution in [0.4, 0.5) is 15.8 Å². The van der Waals surface area contributed by atoms with Gasteiger partial charge in [0.15, 0.2) is 0 Å². The molecule has 17 heavy (non-hydrogen) atoms. The SMILES string of the molecule is CC1CCC(Nc2cc(F)ccc2N)C(C)C1. The second-order valence-corrected chi connectivity index (χ2v) is 5.38. The van der Waals surface area contributed by atoms with Crippen molar-refractivity contribution in [3.05, 3.63) is 24.0 Å². The van der Waals surface area contributed by atoms with Gasteiger partial charge in [-0.15, -0.1) is 0 Å². The molecule has 0 aliphatic heterocycles. The number of anilines is 2. The maximum Gasteiger partial charge on any atom is 0.125 e. The summed E-state index contributed by atoms with van der Waals surface area (Å²) < 4.78 is 13.2. The van der Waals surface area contributed by atoms with Crippen LogP contribution < -0.4 is 11.1 Å². The van der Waals surface area contributed by atoms with Gasteiger partial charge in [-0.05, 0) is 49.3 Å². The summed E-state index contributed by atoms with van der Waals surface area (Å²) in [7, 11) is 0. The zero-order chi connectivity index (χ0) is 12.4. The molecular weight excluding hydrogens is 215 g/mol. The highest BCUT2D eigenvalue weighted by molar-refractivity contribution is 5.66. The molecule has 3 atom stereocenters. The number of hydrogen-bond acceptors (Lipinski definition) is 2. The Bertz CT molecular complexity index is 392. The van der Waals surface area contributed by atoms with Crippen LogP contribution in [0.1, 0.15) is 33.1 Å². The Morgan fingerprint density at radius 3 is 2.76 bits per heavy atom. The van der Waals surface area contributed by atoms with Gasteiger partial charge in [-0.25, -0.2) is 4.39 Å². The Labute approximate surface area is 102 Å². The molecule has 0 spiro atoms. The minimum Gasteiger partial charge on any atom is -0.397 e. The summed E-state index contributed by atoms with van der Waals surface area (Å²) in [6, 6.07) is 4.91. The van der Waals surface area contributed by atoms with Crippen molar-refractivity contribution in [3.63, 3.8) is 0 Å². The molecule has 1 aliphatic rings. The van der Waals surface area contributed by atoms with Gasteiger partial charge in [-0.3, -0.25) is 0 Å². The van der Waals surface area contributed by atoms with Gasteiger partial charge in [0.25, 0.3) is 0 Å². The lowest BCUT2D eigenvalue weighted by Crippen LogP contribution is -2.33. The quantitative estimate of drug-likeness (QED) is 0.769. The van der Waals surface area contributed by atoms with Crippen LogP contribution in [-0.2, 0) is 0 Å². The van der Waals surface area contributed by atoms with E-state index in [1.165, 1.54) is 25.0 Å². The highest BCUT2D eigenvalue weighted by Gasteiger charge is 2.25. The highest BCUT2D eigenvalue weighted by Crippen LogP contribution is 2.32. The molecule has 1 aromatic carbocycles. The Kier molecular flexibility index (Phi) is 3.55. The van der Waals surface area contributed by atoms with Gasteiger partial charge >= 0.3 is 0 Å². The van der Waals surface area contributed by atoms with Crippen molar-refractivity contribution in [2.45, 2.75) is 39.2 Å². The normalized spacial score (nSPS) is 29.0. The predicted molar refractivity (Wildman–Crippen MR) is 70.4 cm³/mol. The summed E-state index contributed by atoms with van der Waals surface area (Å²) >= 11 is 0. The standard InChI is InChI=1S/C14H21FN2/c1-9-3-6-13(10(2)7-9)17-14-8-11(15)4-5-12(14)16/h4-5,8-10,13,17H,3,6-7,16H2,1-2H3. The number of nitrogens with two attached hydrogens (primary N) is 1. The molecule has 1 saturated carbocycles. The van der Waals surface area contributed by atoms with E-state index in [2.05, 4.69) is 19.2 Å². The molecule has 0 radical (unpaired) electrons. The largest absolute Gasteiger partial charge is 0.397 e. The Hall–Kier alpha value is -1.25. The van der Waals surface area contributed by atoms with Crippen LogP contribution in [0.5, 0.6) is 0 Å². The third-order valence-electron chi connectivity index (χ3n) is 3.79. The first kappa shape index (κ1) is 12.2. The van der Waals surface area contributed by atoms with Crippen molar-refractivity contribution >= 4 is 11.4 Å². The number of halogens is 1. The van der Waals surface area contributed by atoms with E-state index in [4.69, 9.17) is 5.73 Å². The van der Waals surface area contributed by atoms with Crippen LogP contribution in [0.15, 0.2) is 18.2 Å². The zero-order valence-electron chi connectivity index (χ0n) is 10.5. The first-order valence-electron chi connectivity index (χ1n) is 6.38. The molecule has 3 N–H and O–H groups in total. The van der Waals surface area contributed by atoms with Gasteiger partial charge in [0.2, 0.25) is 0 Å². The topological polar surface area (TPSA) is 38.0 Å². The summed E-state index contributed by atoms with van der Waals surface area (Å²) in [5.41, 5.74) is 7.21. The number of nitrogens with one attached hydrogen (secondary N) is 1. The smallest absolute Gasteiger partial charge is 0.125 e. The van der Waals surface area contributed by atoms with Gasteiger partial charge in [-0.2, -0.15) is 0 Å². The van der Waals surface area contributed by atoms with Crippen LogP contribution >= 0.6 is 0 Å². The molecule has 2 rings (SSSR count). The van der Waals surface area contributed by atoms with Gasteiger partial charge < -0.3 is 11.1 Å². The molecule has 1 fully saturated rings. The molecule has 2 nitrogen and oxygen atoms in total. The lowest BCUT2D eigenvalue weighted by atomic mass is 9.80. The fraction of sp³-hybridized carbons (Fsp3) is 0.571. The van der Waals surface area contributed by atoms with Crippen LogP contribution in [0.2, 0.25) is 0 Å². The Morgan fingerprint density at radius 2 is 2.06 bits per heavy atom. The molecule has 0 amide bonds. The summed E-state index contributed by atoms with van der Waals surface area (Å²) in [6.45, 7) is 4.55. The second-order valence-electron chi connectivity index (χ2n) is 5.38. The van der Waals surface area contributed by atoms with Crippen molar-refractivity contribution < 1.29 is 4.39 Å². The molecule has 1 aliphatic carbocycles. The van der Waals surface area contributed by atoms with E-state index < -0.39 is 0 Å². The Morgan fingerprint density at radius 1 is 1.29 bits per heavy atom. The fourth-order valence-corrected chi connectivity index (χ4v) is 2.73. The molecule has 94 valence electrons. The first-order valence-corrected chi connectivity index (χ1v) is 6.38. The van der Waals surface area contributed by atoms with Crippen LogP contribution in [0, 0.1) is 17.7 Å². The molecule has 0 aromatic heterocycles. The first-order chi connectivity index (χ1) is 8.06. The van der Waals surface area contributed by atoms with E-state index in [1.54, 1.807) is 6.07 Å². The van der Waals surface area contributed by atoms with E-state index in [-0.39, 0.29) is 5.82 Å². The summed E-state index contributed by atoms with van der Waals surface area (Å²) in [5.74, 6) is 1.17. The van der Waals surface area contributed by atoms with Crippen molar-refractivity contribution in [2.75, 3.05) is 11.1 Å². The molecule has 1 aromatic rings. The van der Waals surface area contributed by atoms with E-state index in [9.17, 15) is 4.39 Å². The van der Waals surface area contributed by atoms with E-state index in [1.807, 2.05) is 0 Å². The number of nitrogen functional groups attached to an aromatic ring is 1. The molecule has 0 saturated heterocycles. The molecule has 0 bridgehead atoms. The van der Waals surface area contributed by atoms with Crippen LogP contribution in [0.3, 0.4) is 0 Å². The minimum atomic E-state index is -0.237. The molecular formula is C14H21FN2. The van der Waals surface area contributed by atoms with E-state index >= 15 is 0 Å². The van der Waals surface area contributed by atoms with E-state index in [0.717, 1.165) is 18.0 Å². The summed E-state index contributed by atoms with van der Waals surface area (Å²) in [4.78, 5) is 0. The van der Waals surface area contributed by atoms with Gasteiger partial charge in [0.05, 0.1) is 11.4 Å². The van der Waals surface area contributed by atoms with Crippen LogP contribution in [-0.4, -0.2) is 6.04 Å². The lowest BCUT2D eigenvalue weighted by molar-refractivity contribution is 0.276. The lowest BCUT2D eigenvalue weighted by Gasteiger charge is -2.34. The van der Waals surface area contributed by atoms with E-state index in [0.29, 0.717) is 17.6 Å². The fourth-order valence-electron chi connectivity index (χ4n) is 2.73. The summed E-state index contributed by atoms with van der Waals surface area (Å²) in [5, 5.41) is 3.40. The van der Waals surface area contributed by atoms with Gasteiger partial charge in [0, 0.05) is 6.04 Å². The molecule has 3 unspecified atom stereocenters. The third kappa shape index (κ3) is 2.90. The molecule has 3 heteroatoms. The average Bonchev–Trinajstić information content (AvgIpc) is 2.27. The van der Waals surface area contributed by atoms with Crippen molar-refractivity contribution in [2.24, 2.45) is 11.8 Å². The maximum atomic E-state index is 13.2. The van der Waals surface area contributed by atoms with Gasteiger partial charge in [-0.1, -0.05) is 13.8 Å². The predicted octanol–water partition coefficient (Wildman–Crippen LogP) is 3.64. The van der Waals surface area contributed by atoms with Crippen molar-refractivity contribution in [1.29, 1.82) is 0 Å². The van der Waals surface area contributed by atoms with Crippen LogP contribution in [0.25, 0.3) is 0 Å². The highest BCUT2D eigenvalue weighted by atomic mass is 19.1. The molecule has 0 heterocycles. The monoisotopic (exact) mass is 236 g/mol. The maximum absolute atomic E-state index is 13.2.